The van der Waals surface area contributed by atoms with Gasteiger partial charge in [-0.05, 0) is 19.1 Å². The molecule has 7 nitrogen and oxygen atoms in total. The number of ether oxygens (including phenoxy) is 1. The largest absolute Gasteiger partial charge is 0.379 e. The molecule has 0 bridgehead atoms. The fraction of sp³-hybridized carbons (Fsp3) is 0.429. The van der Waals surface area contributed by atoms with Gasteiger partial charge in [0.25, 0.3) is 15.6 Å². The van der Waals surface area contributed by atoms with E-state index in [1.165, 1.54) is 15.1 Å². The Morgan fingerprint density at radius 2 is 2.04 bits per heavy atom. The highest BCUT2D eigenvalue weighted by Gasteiger charge is 2.28. The van der Waals surface area contributed by atoms with Gasteiger partial charge < -0.3 is 4.74 Å². The predicted octanol–water partition coefficient (Wildman–Crippen LogP) is 1.01. The van der Waals surface area contributed by atoms with Gasteiger partial charge in [-0.2, -0.15) is 9.40 Å². The number of hydrogen-bond acceptors (Lipinski definition) is 6. The molecule has 0 saturated carbocycles. The average molecular weight is 355 g/mol. The van der Waals surface area contributed by atoms with Gasteiger partial charge in [0.15, 0.2) is 0 Å². The number of aryl methyl sites for hydroxylation is 1. The van der Waals surface area contributed by atoms with E-state index in [4.69, 9.17) is 4.74 Å². The summed E-state index contributed by atoms with van der Waals surface area (Å²) in [6, 6.07) is 4.67. The zero-order chi connectivity index (χ0) is 16.4. The molecule has 23 heavy (non-hydrogen) atoms. The summed E-state index contributed by atoms with van der Waals surface area (Å²) >= 11 is 1.16. The lowest BCUT2D eigenvalue weighted by Gasteiger charge is -2.25. The van der Waals surface area contributed by atoms with Crippen molar-refractivity contribution in [2.45, 2.75) is 17.7 Å². The molecule has 1 fully saturated rings. The second-order valence-electron chi connectivity index (χ2n) is 5.04. The maximum Gasteiger partial charge on any atom is 0.266 e. The molecule has 0 radical (unpaired) electrons. The number of morpholine rings is 1. The highest BCUT2D eigenvalue weighted by Crippen LogP contribution is 2.29. The molecule has 0 spiro atoms. The van der Waals surface area contributed by atoms with Crippen molar-refractivity contribution < 1.29 is 13.2 Å². The first-order valence-corrected chi connectivity index (χ1v) is 9.59. The molecular weight excluding hydrogens is 338 g/mol. The topological polar surface area (TPSA) is 81.5 Å². The van der Waals surface area contributed by atoms with E-state index >= 15 is 0 Å². The summed E-state index contributed by atoms with van der Waals surface area (Å²) in [5, 5.41) is 6.00. The summed E-state index contributed by atoms with van der Waals surface area (Å²) in [7, 11) is -3.50. The molecule has 1 aliphatic heterocycles. The highest BCUT2D eigenvalue weighted by molar-refractivity contribution is 7.91. The van der Waals surface area contributed by atoms with E-state index in [0.29, 0.717) is 44.1 Å². The van der Waals surface area contributed by atoms with Crippen molar-refractivity contribution in [3.05, 3.63) is 33.9 Å². The molecule has 0 amide bonds. The first-order chi connectivity index (χ1) is 11.0. The average Bonchev–Trinajstić information content (AvgIpc) is 3.07. The molecule has 124 valence electrons. The maximum atomic E-state index is 12.6. The molecule has 2 aromatic rings. The summed E-state index contributed by atoms with van der Waals surface area (Å²) in [6.07, 6.45) is 0. The van der Waals surface area contributed by atoms with Gasteiger partial charge in [0, 0.05) is 36.6 Å². The Morgan fingerprint density at radius 1 is 1.30 bits per heavy atom. The normalized spacial score (nSPS) is 16.6. The van der Waals surface area contributed by atoms with E-state index < -0.39 is 10.0 Å². The summed E-state index contributed by atoms with van der Waals surface area (Å²) in [4.78, 5) is 11.6. The molecule has 1 aliphatic rings. The van der Waals surface area contributed by atoms with E-state index in [0.717, 1.165) is 11.3 Å². The van der Waals surface area contributed by atoms with Gasteiger partial charge in [-0.1, -0.05) is 0 Å². The van der Waals surface area contributed by atoms with Crippen molar-refractivity contribution in [3.63, 3.8) is 0 Å². The van der Waals surface area contributed by atoms with Crippen molar-refractivity contribution in [1.29, 1.82) is 0 Å². The molecule has 0 aliphatic carbocycles. The van der Waals surface area contributed by atoms with Crippen LogP contribution in [0.25, 0.3) is 11.3 Å². The highest BCUT2D eigenvalue weighted by atomic mass is 32.2. The van der Waals surface area contributed by atoms with Crippen LogP contribution in [0, 0.1) is 0 Å². The predicted molar refractivity (Wildman–Crippen MR) is 87.1 cm³/mol. The van der Waals surface area contributed by atoms with Gasteiger partial charge >= 0.3 is 0 Å². The van der Waals surface area contributed by atoms with Gasteiger partial charge in [-0.15, -0.1) is 11.3 Å². The first kappa shape index (κ1) is 16.3. The SMILES string of the molecule is CCn1nc(-c2csc(S(=O)(=O)N3CCOCC3)c2)ccc1=O. The fourth-order valence-corrected chi connectivity index (χ4v) is 5.06. The quantitative estimate of drug-likeness (QED) is 0.818. The van der Waals surface area contributed by atoms with Crippen LogP contribution in [0.5, 0.6) is 0 Å². The Kier molecular flexibility index (Phi) is 4.62. The smallest absolute Gasteiger partial charge is 0.266 e. The Hall–Kier alpha value is -1.55. The monoisotopic (exact) mass is 355 g/mol. The minimum Gasteiger partial charge on any atom is -0.379 e. The van der Waals surface area contributed by atoms with Crippen LogP contribution in [0.3, 0.4) is 0 Å². The van der Waals surface area contributed by atoms with E-state index in [2.05, 4.69) is 5.10 Å². The lowest BCUT2D eigenvalue weighted by Crippen LogP contribution is -2.40. The van der Waals surface area contributed by atoms with Crippen molar-refractivity contribution in [2.24, 2.45) is 0 Å². The summed E-state index contributed by atoms with van der Waals surface area (Å²) in [5.41, 5.74) is 1.11. The molecule has 2 aromatic heterocycles. The van der Waals surface area contributed by atoms with Crippen LogP contribution in [-0.2, 0) is 21.3 Å². The second-order valence-corrected chi connectivity index (χ2v) is 8.12. The van der Waals surface area contributed by atoms with E-state index in [1.807, 2.05) is 6.92 Å². The zero-order valence-electron chi connectivity index (χ0n) is 12.6. The van der Waals surface area contributed by atoms with Crippen molar-refractivity contribution >= 4 is 21.4 Å². The van der Waals surface area contributed by atoms with Crippen molar-refractivity contribution in [2.75, 3.05) is 26.3 Å². The molecule has 1 saturated heterocycles. The van der Waals surface area contributed by atoms with Crippen molar-refractivity contribution in [3.8, 4) is 11.3 Å². The standard InChI is InChI=1S/C14H17N3O4S2/c1-2-17-13(18)4-3-12(15-17)11-9-14(22-10-11)23(19,20)16-5-7-21-8-6-16/h3-4,9-10H,2,5-8H2,1H3. The number of sulfonamides is 1. The Balaban J connectivity index is 1.92. The minimum atomic E-state index is -3.50. The lowest BCUT2D eigenvalue weighted by molar-refractivity contribution is 0.0731. The Morgan fingerprint density at radius 3 is 2.74 bits per heavy atom. The van der Waals surface area contributed by atoms with Crippen molar-refractivity contribution in [1.82, 2.24) is 14.1 Å². The lowest BCUT2D eigenvalue weighted by atomic mass is 10.2. The molecular formula is C14H17N3O4S2. The molecule has 9 heteroatoms. The van der Waals surface area contributed by atoms with Crippen LogP contribution in [0.15, 0.2) is 32.6 Å². The summed E-state index contributed by atoms with van der Waals surface area (Å²) < 4.78 is 33.5. The summed E-state index contributed by atoms with van der Waals surface area (Å²) in [5.74, 6) is 0. The summed E-state index contributed by atoms with van der Waals surface area (Å²) in [6.45, 7) is 3.87. The third-order valence-corrected chi connectivity index (χ3v) is 6.92. The van der Waals surface area contributed by atoms with Gasteiger partial charge in [0.05, 0.1) is 18.9 Å². The van der Waals surface area contributed by atoms with Crippen LogP contribution in [0.1, 0.15) is 6.92 Å². The molecule has 3 heterocycles. The van der Waals surface area contributed by atoms with Gasteiger partial charge in [-0.3, -0.25) is 4.79 Å². The molecule has 0 unspecified atom stereocenters. The second kappa shape index (κ2) is 6.52. The first-order valence-electron chi connectivity index (χ1n) is 7.27. The molecule has 0 N–H and O–H groups in total. The number of nitrogens with zero attached hydrogens (tertiary/aromatic N) is 3. The number of thiophene rings is 1. The van der Waals surface area contributed by atoms with E-state index in [1.54, 1.807) is 17.5 Å². The Labute approximate surface area is 138 Å². The Bertz CT molecular complexity index is 851. The van der Waals surface area contributed by atoms with E-state index in [9.17, 15) is 13.2 Å². The third kappa shape index (κ3) is 3.23. The zero-order valence-corrected chi connectivity index (χ0v) is 14.3. The number of aromatic nitrogens is 2. The minimum absolute atomic E-state index is 0.173. The molecule has 0 atom stereocenters. The van der Waals surface area contributed by atoms with Crippen LogP contribution < -0.4 is 5.56 Å². The fourth-order valence-electron chi connectivity index (χ4n) is 2.33. The van der Waals surface area contributed by atoms with E-state index in [-0.39, 0.29) is 9.77 Å². The maximum absolute atomic E-state index is 12.6. The van der Waals surface area contributed by atoms with Gasteiger partial charge in [-0.25, -0.2) is 13.1 Å². The number of hydrogen-bond donors (Lipinski definition) is 0. The van der Waals surface area contributed by atoms with Crippen LogP contribution >= 0.6 is 11.3 Å². The number of rotatable bonds is 4. The van der Waals surface area contributed by atoms with Crippen LogP contribution in [0.2, 0.25) is 0 Å². The van der Waals surface area contributed by atoms with Crippen LogP contribution in [0.4, 0.5) is 0 Å². The van der Waals surface area contributed by atoms with Gasteiger partial charge in [0.2, 0.25) is 0 Å². The third-order valence-electron chi connectivity index (χ3n) is 3.60. The molecule has 3 rings (SSSR count). The molecule has 0 aromatic carbocycles. The van der Waals surface area contributed by atoms with Gasteiger partial charge in [0.1, 0.15) is 4.21 Å². The van der Waals surface area contributed by atoms with Crippen LogP contribution in [-0.4, -0.2) is 48.8 Å².